The fraction of sp³-hybridized carbons (Fsp3) is 0.600. The summed E-state index contributed by atoms with van der Waals surface area (Å²) in [6.45, 7) is 2.22. The van der Waals surface area contributed by atoms with Crippen molar-refractivity contribution in [1.29, 1.82) is 0 Å². The number of likely N-dealkylation sites (tertiary alicyclic amines) is 1. The van der Waals surface area contributed by atoms with Gasteiger partial charge in [-0.2, -0.15) is 0 Å². The molecule has 0 spiro atoms. The van der Waals surface area contributed by atoms with Gasteiger partial charge >= 0.3 is 0 Å². The smallest absolute Gasteiger partial charge is 0.240 e. The number of rotatable bonds is 3. The number of nitrogens with one attached hydrogen (secondary N) is 1. The van der Waals surface area contributed by atoms with Crippen molar-refractivity contribution in [2.45, 2.75) is 18.9 Å². The quantitative estimate of drug-likeness (QED) is 0.880. The highest BCUT2D eigenvalue weighted by Crippen LogP contribution is 2.23. The number of halogens is 1. The monoisotopic (exact) mass is 318 g/mol. The highest BCUT2D eigenvalue weighted by atomic mass is 79.9. The van der Waals surface area contributed by atoms with Gasteiger partial charge in [-0.05, 0) is 28.8 Å². The SMILES string of the molecule is NC1CCN(CC(=O)Nc2ncc(Br)s2)CC1. The van der Waals surface area contributed by atoms with Gasteiger partial charge in [-0.1, -0.05) is 11.3 Å². The molecule has 7 heteroatoms. The molecule has 0 atom stereocenters. The molecule has 3 N–H and O–H groups in total. The molecule has 0 aliphatic carbocycles. The lowest BCUT2D eigenvalue weighted by Crippen LogP contribution is -2.43. The number of hydrogen-bond donors (Lipinski definition) is 2. The molecule has 1 aromatic heterocycles. The zero-order valence-electron chi connectivity index (χ0n) is 9.36. The molecule has 17 heavy (non-hydrogen) atoms. The van der Waals surface area contributed by atoms with Crippen LogP contribution in [-0.4, -0.2) is 41.5 Å². The van der Waals surface area contributed by atoms with Crippen molar-refractivity contribution < 1.29 is 4.79 Å². The van der Waals surface area contributed by atoms with Crippen LogP contribution in [0.4, 0.5) is 5.13 Å². The summed E-state index contributed by atoms with van der Waals surface area (Å²) in [5.41, 5.74) is 5.81. The van der Waals surface area contributed by atoms with E-state index in [2.05, 4.69) is 31.1 Å². The maximum atomic E-state index is 11.7. The first-order chi connectivity index (χ1) is 8.13. The van der Waals surface area contributed by atoms with Gasteiger partial charge < -0.3 is 11.1 Å². The lowest BCUT2D eigenvalue weighted by Gasteiger charge is -2.29. The molecule has 0 aromatic carbocycles. The van der Waals surface area contributed by atoms with Gasteiger partial charge in [0.25, 0.3) is 0 Å². The number of amides is 1. The molecule has 1 aromatic rings. The summed E-state index contributed by atoms with van der Waals surface area (Å²) in [4.78, 5) is 17.9. The Labute approximate surface area is 113 Å². The van der Waals surface area contributed by atoms with Gasteiger partial charge in [0.05, 0.1) is 16.5 Å². The molecule has 0 saturated carbocycles. The van der Waals surface area contributed by atoms with Crippen LogP contribution in [0.5, 0.6) is 0 Å². The van der Waals surface area contributed by atoms with Gasteiger partial charge in [0.2, 0.25) is 5.91 Å². The number of nitrogens with two attached hydrogens (primary N) is 1. The molecular formula is C10H15BrN4OS. The van der Waals surface area contributed by atoms with Crippen molar-refractivity contribution in [2.75, 3.05) is 25.0 Å². The average Bonchev–Trinajstić information content (AvgIpc) is 2.67. The minimum Gasteiger partial charge on any atom is -0.328 e. The Morgan fingerprint density at radius 1 is 1.65 bits per heavy atom. The third-order valence-corrected chi connectivity index (χ3v) is 4.11. The number of anilines is 1. The number of carbonyl (C=O) groups is 1. The Bertz CT molecular complexity index is 389. The molecule has 1 amide bonds. The van der Waals surface area contributed by atoms with Crippen LogP contribution < -0.4 is 11.1 Å². The highest BCUT2D eigenvalue weighted by molar-refractivity contribution is 9.11. The summed E-state index contributed by atoms with van der Waals surface area (Å²) in [6.07, 6.45) is 3.62. The minimum atomic E-state index is -0.0117. The molecule has 2 rings (SSSR count). The van der Waals surface area contributed by atoms with Gasteiger partial charge in [0.15, 0.2) is 5.13 Å². The van der Waals surface area contributed by atoms with Crippen LogP contribution >= 0.6 is 27.3 Å². The van der Waals surface area contributed by atoms with E-state index in [-0.39, 0.29) is 5.91 Å². The Morgan fingerprint density at radius 2 is 2.35 bits per heavy atom. The topological polar surface area (TPSA) is 71.2 Å². The zero-order valence-corrected chi connectivity index (χ0v) is 11.8. The normalized spacial score (nSPS) is 18.2. The van der Waals surface area contributed by atoms with Gasteiger partial charge in [0.1, 0.15) is 0 Å². The van der Waals surface area contributed by atoms with Crippen LogP contribution in [0.15, 0.2) is 9.98 Å². The summed E-state index contributed by atoms with van der Waals surface area (Å²) >= 11 is 4.72. The zero-order chi connectivity index (χ0) is 12.3. The second kappa shape index (κ2) is 5.90. The molecule has 5 nitrogen and oxygen atoms in total. The van der Waals surface area contributed by atoms with Crippen molar-refractivity contribution >= 4 is 38.3 Å². The molecule has 94 valence electrons. The third-order valence-electron chi connectivity index (χ3n) is 2.72. The molecular weight excluding hydrogens is 304 g/mol. The molecule has 0 unspecified atom stereocenters. The van der Waals surface area contributed by atoms with E-state index in [0.717, 1.165) is 29.7 Å². The van der Waals surface area contributed by atoms with Crippen molar-refractivity contribution in [1.82, 2.24) is 9.88 Å². The number of thiazole rings is 1. The van der Waals surface area contributed by atoms with Crippen molar-refractivity contribution in [3.63, 3.8) is 0 Å². The van der Waals surface area contributed by atoms with Crippen LogP contribution in [0, 0.1) is 0 Å². The fourth-order valence-corrected chi connectivity index (χ4v) is 2.91. The van der Waals surface area contributed by atoms with E-state index in [9.17, 15) is 4.79 Å². The molecule has 1 fully saturated rings. The lowest BCUT2D eigenvalue weighted by atomic mass is 10.1. The first-order valence-corrected chi connectivity index (χ1v) is 7.13. The van der Waals surface area contributed by atoms with E-state index >= 15 is 0 Å². The maximum absolute atomic E-state index is 11.7. The number of hydrogen-bond acceptors (Lipinski definition) is 5. The maximum Gasteiger partial charge on any atom is 0.240 e. The first-order valence-electron chi connectivity index (χ1n) is 5.52. The summed E-state index contributed by atoms with van der Waals surface area (Å²) in [5.74, 6) is -0.0117. The fourth-order valence-electron chi connectivity index (χ4n) is 1.79. The second-order valence-electron chi connectivity index (χ2n) is 4.13. The highest BCUT2D eigenvalue weighted by Gasteiger charge is 2.18. The van der Waals surface area contributed by atoms with Gasteiger partial charge in [-0.3, -0.25) is 9.69 Å². The van der Waals surface area contributed by atoms with E-state index < -0.39 is 0 Å². The van der Waals surface area contributed by atoms with E-state index in [1.807, 2.05) is 0 Å². The van der Waals surface area contributed by atoms with Crippen LogP contribution in [0.3, 0.4) is 0 Å². The average molecular weight is 319 g/mol. The number of piperidine rings is 1. The van der Waals surface area contributed by atoms with Gasteiger partial charge in [-0.15, -0.1) is 0 Å². The summed E-state index contributed by atoms with van der Waals surface area (Å²) in [5, 5.41) is 3.42. The van der Waals surface area contributed by atoms with Crippen LogP contribution in [0.1, 0.15) is 12.8 Å². The minimum absolute atomic E-state index is 0.0117. The molecule has 1 aliphatic rings. The van der Waals surface area contributed by atoms with Crippen molar-refractivity contribution in [3.05, 3.63) is 9.98 Å². The number of aromatic nitrogens is 1. The van der Waals surface area contributed by atoms with Crippen molar-refractivity contribution in [3.8, 4) is 0 Å². The second-order valence-corrected chi connectivity index (χ2v) is 6.54. The Balaban J connectivity index is 1.77. The Morgan fingerprint density at radius 3 is 2.94 bits per heavy atom. The predicted molar refractivity (Wildman–Crippen MR) is 72.1 cm³/mol. The van der Waals surface area contributed by atoms with Gasteiger partial charge in [0, 0.05) is 19.1 Å². The van der Waals surface area contributed by atoms with E-state index in [1.54, 1.807) is 6.20 Å². The molecule has 0 radical (unpaired) electrons. The largest absolute Gasteiger partial charge is 0.328 e. The van der Waals surface area contributed by atoms with Crippen molar-refractivity contribution in [2.24, 2.45) is 5.73 Å². The summed E-state index contributed by atoms with van der Waals surface area (Å²) < 4.78 is 0.914. The summed E-state index contributed by atoms with van der Waals surface area (Å²) in [7, 11) is 0. The molecule has 2 heterocycles. The van der Waals surface area contributed by atoms with Gasteiger partial charge in [-0.25, -0.2) is 4.98 Å². The molecule has 1 saturated heterocycles. The number of nitrogens with zero attached hydrogens (tertiary/aromatic N) is 2. The molecule has 0 bridgehead atoms. The first kappa shape index (κ1) is 12.9. The third kappa shape index (κ3) is 4.02. The standard InChI is InChI=1S/C10H15BrN4OS/c11-8-5-13-10(17-8)14-9(16)6-15-3-1-7(12)2-4-15/h5,7H,1-4,6,12H2,(H,13,14,16). The summed E-state index contributed by atoms with van der Waals surface area (Å²) in [6, 6.07) is 0.296. The van der Waals surface area contributed by atoms with Crippen LogP contribution in [0.2, 0.25) is 0 Å². The van der Waals surface area contributed by atoms with E-state index in [0.29, 0.717) is 17.7 Å². The van der Waals surface area contributed by atoms with E-state index in [1.165, 1.54) is 11.3 Å². The Kier molecular flexibility index (Phi) is 4.49. The molecule has 1 aliphatic heterocycles. The van der Waals surface area contributed by atoms with Crippen LogP contribution in [0.25, 0.3) is 0 Å². The lowest BCUT2D eigenvalue weighted by molar-refractivity contribution is -0.117. The number of carbonyl (C=O) groups excluding carboxylic acids is 1. The predicted octanol–water partition coefficient (Wildman–Crippen LogP) is 1.27. The van der Waals surface area contributed by atoms with E-state index in [4.69, 9.17) is 5.73 Å². The van der Waals surface area contributed by atoms with Crippen LogP contribution in [-0.2, 0) is 4.79 Å². The Hall–Kier alpha value is -0.500.